The summed E-state index contributed by atoms with van der Waals surface area (Å²) in [5.74, 6) is 3.51. The Bertz CT molecular complexity index is 1550. The van der Waals surface area contributed by atoms with Gasteiger partial charge in [0, 0.05) is 36.5 Å². The number of nitrogens with zero attached hydrogens (tertiary/aromatic N) is 4. The Morgan fingerprint density at radius 1 is 1.13 bits per heavy atom. The van der Waals surface area contributed by atoms with Gasteiger partial charge in [0.1, 0.15) is 33.7 Å². The molecule has 2 aromatic carbocycles. The molecule has 5 rings (SSSR count). The fourth-order valence-corrected chi connectivity index (χ4v) is 5.14. The van der Waals surface area contributed by atoms with Crippen molar-refractivity contribution >= 4 is 40.3 Å². The summed E-state index contributed by atoms with van der Waals surface area (Å²) in [6.07, 6.45) is 4.67. The molecular formula is C27H31N7O4S. The van der Waals surface area contributed by atoms with Crippen LogP contribution in [0.1, 0.15) is 13.3 Å². The van der Waals surface area contributed by atoms with Gasteiger partial charge in [0.15, 0.2) is 11.4 Å². The number of allylic oxidation sites excluding steroid dienone is 1. The van der Waals surface area contributed by atoms with E-state index in [1.165, 1.54) is 11.9 Å². The van der Waals surface area contributed by atoms with E-state index in [-0.39, 0.29) is 0 Å². The first-order valence-electron chi connectivity index (χ1n) is 12.3. The molecule has 0 saturated heterocycles. The number of amidine groups is 1. The lowest BCUT2D eigenvalue weighted by molar-refractivity contribution is 0.377. The molecule has 11 nitrogen and oxygen atoms in total. The zero-order valence-electron chi connectivity index (χ0n) is 22.4. The number of aliphatic imine (C=N–C) groups is 1. The maximum absolute atomic E-state index is 6.16. The predicted molar refractivity (Wildman–Crippen MR) is 153 cm³/mol. The van der Waals surface area contributed by atoms with Crippen LogP contribution in [0.4, 0.5) is 11.5 Å². The molecule has 0 aliphatic heterocycles. The van der Waals surface area contributed by atoms with Crippen LogP contribution in [0.5, 0.6) is 17.2 Å². The van der Waals surface area contributed by atoms with Crippen molar-refractivity contribution in [2.75, 3.05) is 26.1 Å². The smallest absolute Gasteiger partial charge is 0.187 e. The molecule has 39 heavy (non-hydrogen) atoms. The van der Waals surface area contributed by atoms with E-state index in [2.05, 4.69) is 26.9 Å². The van der Waals surface area contributed by atoms with E-state index in [1.807, 2.05) is 31.4 Å². The number of rotatable bonds is 10. The zero-order valence-corrected chi connectivity index (χ0v) is 23.2. The second-order valence-corrected chi connectivity index (χ2v) is 10.2. The van der Waals surface area contributed by atoms with Crippen LogP contribution < -0.4 is 30.4 Å². The third-order valence-corrected chi connectivity index (χ3v) is 7.49. The summed E-state index contributed by atoms with van der Waals surface area (Å²) in [5.41, 5.74) is 15.8. The van der Waals surface area contributed by atoms with Gasteiger partial charge in [-0.1, -0.05) is 12.1 Å². The van der Waals surface area contributed by atoms with Crippen LogP contribution in [0.25, 0.3) is 22.2 Å². The maximum atomic E-state index is 6.16. The van der Waals surface area contributed by atoms with Crippen molar-refractivity contribution in [3.8, 4) is 28.5 Å². The Morgan fingerprint density at radius 2 is 1.82 bits per heavy atom. The summed E-state index contributed by atoms with van der Waals surface area (Å²) in [6.45, 7) is 2.16. The lowest BCUT2D eigenvalue weighted by atomic mass is 10.1. The number of hydrogen-bond acceptors (Lipinski definition) is 10. The lowest BCUT2D eigenvalue weighted by Crippen LogP contribution is -2.12. The molecule has 1 saturated carbocycles. The van der Waals surface area contributed by atoms with E-state index in [9.17, 15) is 0 Å². The molecule has 2 aromatic heterocycles. The summed E-state index contributed by atoms with van der Waals surface area (Å²) >= 11 is 1.29. The molecule has 1 unspecified atom stereocenters. The number of benzene rings is 2. The van der Waals surface area contributed by atoms with Crippen molar-refractivity contribution < 1.29 is 18.7 Å². The molecule has 12 heteroatoms. The minimum atomic E-state index is 0.297. The number of nitrogens with one attached hydrogen (secondary N) is 1. The molecule has 204 valence electrons. The van der Waals surface area contributed by atoms with Crippen molar-refractivity contribution in [1.82, 2.24) is 14.9 Å². The van der Waals surface area contributed by atoms with Crippen molar-refractivity contribution in [2.24, 2.45) is 35.3 Å². The number of hydrogen-bond donors (Lipinski definition) is 3. The van der Waals surface area contributed by atoms with Gasteiger partial charge in [-0.3, -0.25) is 4.68 Å². The summed E-state index contributed by atoms with van der Waals surface area (Å²) < 4.78 is 27.5. The first-order valence-corrected chi connectivity index (χ1v) is 13.1. The van der Waals surface area contributed by atoms with Gasteiger partial charge in [-0.2, -0.15) is 5.10 Å². The van der Waals surface area contributed by atoms with Gasteiger partial charge in [-0.15, -0.1) is 0 Å². The Labute approximate surface area is 230 Å². The third kappa shape index (κ3) is 5.46. The lowest BCUT2D eigenvalue weighted by Gasteiger charge is -2.14. The first kappa shape index (κ1) is 26.3. The van der Waals surface area contributed by atoms with E-state index < -0.39 is 0 Å². The van der Waals surface area contributed by atoms with E-state index in [4.69, 9.17) is 30.2 Å². The van der Waals surface area contributed by atoms with Gasteiger partial charge >= 0.3 is 0 Å². The minimum absolute atomic E-state index is 0.297. The Morgan fingerprint density at radius 3 is 2.41 bits per heavy atom. The Balaban J connectivity index is 1.41. The molecule has 0 spiro atoms. The highest BCUT2D eigenvalue weighted by atomic mass is 32.2. The van der Waals surface area contributed by atoms with Gasteiger partial charge in [0.05, 0.1) is 32.4 Å². The quantitative estimate of drug-likeness (QED) is 0.142. The maximum Gasteiger partial charge on any atom is 0.187 e. The van der Waals surface area contributed by atoms with Crippen molar-refractivity contribution in [3.63, 3.8) is 0 Å². The number of ether oxygens (including phenoxy) is 3. The molecule has 1 aliphatic carbocycles. The van der Waals surface area contributed by atoms with Gasteiger partial charge in [0.2, 0.25) is 0 Å². The SMILES string of the molecule is COc1cc2c(NSc3c(OC)cc(-c4ccn(C)n4)cc3OC)noc2cc1N=C(N)/C=C(\N)C1C[C@@H]1C. The largest absolute Gasteiger partial charge is 0.495 e. The number of nitrogens with two attached hydrogens (primary N) is 2. The molecule has 4 aromatic rings. The van der Waals surface area contributed by atoms with Crippen LogP contribution >= 0.6 is 11.9 Å². The van der Waals surface area contributed by atoms with Crippen molar-refractivity contribution in [1.29, 1.82) is 0 Å². The van der Waals surface area contributed by atoms with Crippen LogP contribution in [0.15, 0.2) is 62.7 Å². The van der Waals surface area contributed by atoms with Gasteiger partial charge in [0.25, 0.3) is 0 Å². The van der Waals surface area contributed by atoms with Crippen LogP contribution in [-0.4, -0.2) is 42.1 Å². The molecule has 2 atom stereocenters. The normalized spacial score (nSPS) is 17.4. The number of aryl methyl sites for hydroxylation is 1. The first-order chi connectivity index (χ1) is 18.8. The highest BCUT2D eigenvalue weighted by Crippen LogP contribution is 2.43. The summed E-state index contributed by atoms with van der Waals surface area (Å²) in [4.78, 5) is 5.24. The molecule has 2 heterocycles. The summed E-state index contributed by atoms with van der Waals surface area (Å²) in [5, 5.41) is 9.39. The average molecular weight is 550 g/mol. The summed E-state index contributed by atoms with van der Waals surface area (Å²) in [7, 11) is 6.66. The van der Waals surface area contributed by atoms with Gasteiger partial charge in [-0.25, -0.2) is 4.99 Å². The highest BCUT2D eigenvalue weighted by Gasteiger charge is 2.34. The van der Waals surface area contributed by atoms with E-state index in [0.717, 1.165) is 28.3 Å². The standard InChI is InChI=1S/C27H31N7O4S/c1-14-8-16(14)18(28)12-25(29)30-20-13-21-17(11-22(20)35-3)27(32-38-21)33-39-26-23(36-4)9-15(10-24(26)37-5)19-6-7-34(2)31-19/h6-7,9-14,16H,8,28H2,1-5H3,(H2,29,30)(H,32,33)/b18-12-/t14-,16?/m0/s1. The number of anilines is 1. The molecule has 1 aliphatic rings. The van der Waals surface area contributed by atoms with Crippen LogP contribution in [0.3, 0.4) is 0 Å². The topological polar surface area (TPSA) is 148 Å². The monoisotopic (exact) mass is 549 g/mol. The van der Waals surface area contributed by atoms with Gasteiger partial charge < -0.3 is 34.9 Å². The molecule has 0 bridgehead atoms. The van der Waals surface area contributed by atoms with E-state index in [1.54, 1.807) is 44.2 Å². The van der Waals surface area contributed by atoms with Crippen molar-refractivity contribution in [2.45, 2.75) is 18.2 Å². The second-order valence-electron chi connectivity index (χ2n) is 9.34. The van der Waals surface area contributed by atoms with Gasteiger partial charge in [-0.05, 0) is 54.6 Å². The predicted octanol–water partition coefficient (Wildman–Crippen LogP) is 4.86. The molecule has 1 fully saturated rings. The Hall–Kier alpha value is -4.32. The zero-order chi connectivity index (χ0) is 27.7. The number of methoxy groups -OCH3 is 3. The third-order valence-electron chi connectivity index (χ3n) is 6.59. The van der Waals surface area contributed by atoms with Crippen LogP contribution in [0, 0.1) is 11.8 Å². The number of aromatic nitrogens is 3. The van der Waals surface area contributed by atoms with E-state index in [0.29, 0.717) is 57.4 Å². The molecule has 5 N–H and O–H groups in total. The fourth-order valence-electron chi connectivity index (χ4n) is 4.31. The number of fused-ring (bicyclic) bond motifs is 1. The fraction of sp³-hybridized carbons (Fsp3) is 0.296. The molecule has 0 radical (unpaired) electrons. The summed E-state index contributed by atoms with van der Waals surface area (Å²) in [6, 6.07) is 9.29. The molecular weight excluding hydrogens is 518 g/mol. The van der Waals surface area contributed by atoms with Crippen LogP contribution in [-0.2, 0) is 7.05 Å². The second kappa shape index (κ2) is 10.8. The minimum Gasteiger partial charge on any atom is -0.495 e. The Kier molecular flexibility index (Phi) is 7.29. The van der Waals surface area contributed by atoms with Crippen molar-refractivity contribution in [3.05, 3.63) is 48.3 Å². The van der Waals surface area contributed by atoms with Crippen LogP contribution in [0.2, 0.25) is 0 Å². The average Bonchev–Trinajstić information content (AvgIpc) is 3.30. The molecule has 0 amide bonds. The van der Waals surface area contributed by atoms with E-state index >= 15 is 0 Å². The highest BCUT2D eigenvalue weighted by molar-refractivity contribution is 8.00.